The normalized spacial score (nSPS) is 19.2. The summed E-state index contributed by atoms with van der Waals surface area (Å²) < 4.78 is 4.83. The number of carbonyl (C=O) groups is 2. The van der Waals surface area contributed by atoms with E-state index in [1.165, 1.54) is 13.5 Å². The molecular formula is C17H31IN4O3. The lowest BCUT2D eigenvalue weighted by Crippen LogP contribution is -2.47. The minimum absolute atomic E-state index is 0. The van der Waals surface area contributed by atoms with Crippen LogP contribution in [0.3, 0.4) is 0 Å². The molecule has 0 bridgehead atoms. The molecule has 0 aromatic rings. The molecule has 1 amide bonds. The van der Waals surface area contributed by atoms with E-state index in [-0.39, 0.29) is 48.3 Å². The van der Waals surface area contributed by atoms with E-state index >= 15 is 0 Å². The van der Waals surface area contributed by atoms with Gasteiger partial charge in [0.2, 0.25) is 5.91 Å². The molecule has 25 heavy (non-hydrogen) atoms. The predicted octanol–water partition coefficient (Wildman–Crippen LogP) is 1.47. The second-order valence-corrected chi connectivity index (χ2v) is 6.40. The maximum atomic E-state index is 12.3. The van der Waals surface area contributed by atoms with Crippen molar-refractivity contribution in [1.82, 2.24) is 15.1 Å². The first kappa shape index (κ1) is 22.0. The Morgan fingerprint density at radius 1 is 1.08 bits per heavy atom. The summed E-state index contributed by atoms with van der Waals surface area (Å²) in [5, 5.41) is 3.26. The number of guanidine groups is 1. The van der Waals surface area contributed by atoms with E-state index in [2.05, 4.69) is 15.2 Å². The van der Waals surface area contributed by atoms with Gasteiger partial charge in [-0.3, -0.25) is 9.59 Å². The number of piperidine rings is 2. The van der Waals surface area contributed by atoms with Crippen molar-refractivity contribution < 1.29 is 14.3 Å². The van der Waals surface area contributed by atoms with E-state index in [1.54, 1.807) is 0 Å². The topological polar surface area (TPSA) is 74.2 Å². The first-order valence-electron chi connectivity index (χ1n) is 9.04. The van der Waals surface area contributed by atoms with Crippen molar-refractivity contribution in [3.8, 4) is 0 Å². The van der Waals surface area contributed by atoms with Gasteiger partial charge in [-0.1, -0.05) is 0 Å². The SMILES string of the molecule is CCNC(=NCC(=O)N1CCCCC1)N1CCC(C(=O)OC)CC1.I. The number of methoxy groups -OCH3 is 1. The highest BCUT2D eigenvalue weighted by Crippen LogP contribution is 2.18. The molecule has 2 saturated heterocycles. The number of aliphatic imine (C=N–C) groups is 1. The van der Waals surface area contributed by atoms with Gasteiger partial charge >= 0.3 is 5.97 Å². The standard InChI is InChI=1S/C17H30N4O3.HI/c1-3-18-17(19-13-15(22)20-9-5-4-6-10-20)21-11-7-14(8-12-21)16(23)24-2;/h14H,3-13H2,1-2H3,(H,18,19);1H. The molecule has 2 aliphatic rings. The van der Waals surface area contributed by atoms with Gasteiger partial charge in [0.1, 0.15) is 6.54 Å². The first-order valence-corrected chi connectivity index (χ1v) is 9.04. The molecule has 2 rings (SSSR count). The Labute approximate surface area is 167 Å². The van der Waals surface area contributed by atoms with Crippen molar-refractivity contribution in [3.63, 3.8) is 0 Å². The smallest absolute Gasteiger partial charge is 0.308 e. The maximum absolute atomic E-state index is 12.3. The Balaban J connectivity index is 0.00000312. The van der Waals surface area contributed by atoms with E-state index in [4.69, 9.17) is 4.74 Å². The van der Waals surface area contributed by atoms with Crippen molar-refractivity contribution >= 4 is 41.8 Å². The van der Waals surface area contributed by atoms with Gasteiger partial charge < -0.3 is 19.9 Å². The van der Waals surface area contributed by atoms with Gasteiger partial charge in [-0.25, -0.2) is 4.99 Å². The number of nitrogens with one attached hydrogen (secondary N) is 1. The largest absolute Gasteiger partial charge is 0.469 e. The molecular weight excluding hydrogens is 435 g/mol. The van der Waals surface area contributed by atoms with E-state index in [9.17, 15) is 9.59 Å². The fraction of sp³-hybridized carbons (Fsp3) is 0.824. The highest BCUT2D eigenvalue weighted by Gasteiger charge is 2.27. The zero-order chi connectivity index (χ0) is 17.4. The van der Waals surface area contributed by atoms with E-state index in [1.807, 2.05) is 11.8 Å². The summed E-state index contributed by atoms with van der Waals surface area (Å²) >= 11 is 0. The van der Waals surface area contributed by atoms with Crippen LogP contribution in [0.25, 0.3) is 0 Å². The number of carbonyl (C=O) groups excluding carboxylic acids is 2. The molecule has 0 spiro atoms. The van der Waals surface area contributed by atoms with Crippen LogP contribution < -0.4 is 5.32 Å². The maximum Gasteiger partial charge on any atom is 0.308 e. The molecule has 2 heterocycles. The number of hydrogen-bond acceptors (Lipinski definition) is 4. The van der Waals surface area contributed by atoms with E-state index in [0.717, 1.165) is 64.4 Å². The molecule has 0 radical (unpaired) electrons. The predicted molar refractivity (Wildman–Crippen MR) is 108 cm³/mol. The lowest BCUT2D eigenvalue weighted by Gasteiger charge is -2.33. The molecule has 0 unspecified atom stereocenters. The Kier molecular flexibility index (Phi) is 10.1. The summed E-state index contributed by atoms with van der Waals surface area (Å²) in [4.78, 5) is 32.5. The second kappa shape index (κ2) is 11.5. The quantitative estimate of drug-likeness (QED) is 0.294. The van der Waals surface area contributed by atoms with Crippen LogP contribution in [0.2, 0.25) is 0 Å². The Morgan fingerprint density at radius 3 is 2.28 bits per heavy atom. The third-order valence-corrected chi connectivity index (χ3v) is 4.74. The fourth-order valence-corrected chi connectivity index (χ4v) is 3.31. The van der Waals surface area contributed by atoms with E-state index < -0.39 is 0 Å². The number of rotatable bonds is 4. The van der Waals surface area contributed by atoms with Crippen LogP contribution in [0.15, 0.2) is 4.99 Å². The number of likely N-dealkylation sites (tertiary alicyclic amines) is 2. The monoisotopic (exact) mass is 466 g/mol. The molecule has 2 fully saturated rings. The summed E-state index contributed by atoms with van der Waals surface area (Å²) in [6.45, 7) is 6.19. The number of ether oxygens (including phenoxy) is 1. The van der Waals surface area contributed by atoms with Crippen LogP contribution in [0.5, 0.6) is 0 Å². The number of amides is 1. The van der Waals surface area contributed by atoms with E-state index in [0.29, 0.717) is 0 Å². The molecule has 0 aromatic carbocycles. The third kappa shape index (κ3) is 6.63. The molecule has 2 aliphatic heterocycles. The van der Waals surface area contributed by atoms with Gasteiger partial charge in [0, 0.05) is 32.7 Å². The number of halogens is 1. The zero-order valence-corrected chi connectivity index (χ0v) is 17.7. The van der Waals surface area contributed by atoms with Crippen molar-refractivity contribution in [2.75, 3.05) is 46.4 Å². The Bertz CT molecular complexity index is 459. The van der Waals surface area contributed by atoms with Crippen LogP contribution in [-0.4, -0.2) is 74.0 Å². The van der Waals surface area contributed by atoms with Crippen LogP contribution >= 0.6 is 24.0 Å². The van der Waals surface area contributed by atoms with Crippen LogP contribution in [0.1, 0.15) is 39.0 Å². The van der Waals surface area contributed by atoms with Gasteiger partial charge in [-0.05, 0) is 39.0 Å². The number of esters is 1. The lowest BCUT2D eigenvalue weighted by molar-refractivity contribution is -0.146. The molecule has 0 aliphatic carbocycles. The van der Waals surface area contributed by atoms with Gasteiger partial charge in [-0.2, -0.15) is 0 Å². The summed E-state index contributed by atoms with van der Waals surface area (Å²) in [7, 11) is 1.44. The second-order valence-electron chi connectivity index (χ2n) is 6.40. The summed E-state index contributed by atoms with van der Waals surface area (Å²) in [6.07, 6.45) is 4.92. The van der Waals surface area contributed by atoms with Crippen LogP contribution in [0, 0.1) is 5.92 Å². The van der Waals surface area contributed by atoms with Crippen molar-refractivity contribution in [2.24, 2.45) is 10.9 Å². The molecule has 1 N–H and O–H groups in total. The molecule has 0 saturated carbocycles. The van der Waals surface area contributed by atoms with Crippen LogP contribution in [-0.2, 0) is 14.3 Å². The molecule has 8 heteroatoms. The average molecular weight is 466 g/mol. The van der Waals surface area contributed by atoms with Crippen molar-refractivity contribution in [1.29, 1.82) is 0 Å². The van der Waals surface area contributed by atoms with Crippen molar-refractivity contribution in [2.45, 2.75) is 39.0 Å². The number of hydrogen-bond donors (Lipinski definition) is 1. The fourth-order valence-electron chi connectivity index (χ4n) is 3.31. The van der Waals surface area contributed by atoms with Gasteiger partial charge in [0.05, 0.1) is 13.0 Å². The summed E-state index contributed by atoms with van der Waals surface area (Å²) in [6, 6.07) is 0. The van der Waals surface area contributed by atoms with Crippen molar-refractivity contribution in [3.05, 3.63) is 0 Å². The highest BCUT2D eigenvalue weighted by atomic mass is 127. The number of nitrogens with zero attached hydrogens (tertiary/aromatic N) is 3. The van der Waals surface area contributed by atoms with Crippen LogP contribution in [0.4, 0.5) is 0 Å². The molecule has 144 valence electrons. The first-order chi connectivity index (χ1) is 11.7. The Hall–Kier alpha value is -1.06. The molecule has 0 atom stereocenters. The van der Waals surface area contributed by atoms with Gasteiger partial charge in [0.25, 0.3) is 0 Å². The zero-order valence-electron chi connectivity index (χ0n) is 15.3. The summed E-state index contributed by atoms with van der Waals surface area (Å²) in [5.41, 5.74) is 0. The lowest BCUT2D eigenvalue weighted by atomic mass is 9.97. The molecule has 0 aromatic heterocycles. The minimum atomic E-state index is -0.128. The summed E-state index contributed by atoms with van der Waals surface area (Å²) in [5.74, 6) is 0.724. The van der Waals surface area contributed by atoms with Gasteiger partial charge in [-0.15, -0.1) is 24.0 Å². The van der Waals surface area contributed by atoms with Gasteiger partial charge in [0.15, 0.2) is 5.96 Å². The molecule has 7 nitrogen and oxygen atoms in total. The Morgan fingerprint density at radius 2 is 1.72 bits per heavy atom. The minimum Gasteiger partial charge on any atom is -0.469 e. The third-order valence-electron chi connectivity index (χ3n) is 4.74. The highest BCUT2D eigenvalue weighted by molar-refractivity contribution is 14.0. The average Bonchev–Trinajstić information content (AvgIpc) is 2.65.